The van der Waals surface area contributed by atoms with E-state index in [2.05, 4.69) is 0 Å². The molecule has 0 amide bonds. The molecule has 1 aliphatic carbocycles. The van der Waals surface area contributed by atoms with Crippen molar-refractivity contribution in [3.05, 3.63) is 21.9 Å². The third-order valence-electron chi connectivity index (χ3n) is 3.72. The van der Waals surface area contributed by atoms with Gasteiger partial charge in [-0.25, -0.2) is 4.79 Å². The summed E-state index contributed by atoms with van der Waals surface area (Å²) in [6.45, 7) is 3.71. The van der Waals surface area contributed by atoms with Crippen LogP contribution in [0.4, 0.5) is 0 Å². The molecule has 0 bridgehead atoms. The molecule has 1 saturated carbocycles. The van der Waals surface area contributed by atoms with Gasteiger partial charge >= 0.3 is 11.9 Å². The highest BCUT2D eigenvalue weighted by molar-refractivity contribution is 7.13. The van der Waals surface area contributed by atoms with Gasteiger partial charge in [-0.15, -0.1) is 11.3 Å². The Morgan fingerprint density at radius 3 is 2.50 bits per heavy atom. The highest BCUT2D eigenvalue weighted by Gasteiger charge is 2.43. The number of hydrogen-bond donors (Lipinski definition) is 1. The van der Waals surface area contributed by atoms with Crippen molar-refractivity contribution in [3.63, 3.8) is 0 Å². The molecule has 0 radical (unpaired) electrons. The van der Waals surface area contributed by atoms with Crippen molar-refractivity contribution >= 4 is 23.3 Å². The number of thiophene rings is 1. The summed E-state index contributed by atoms with van der Waals surface area (Å²) >= 11 is 1.26. The molecule has 1 aromatic heterocycles. The van der Waals surface area contributed by atoms with Gasteiger partial charge in [0.2, 0.25) is 0 Å². The SMILES string of the molecule is CC(C)OC(=O)C1(Cc2ccc(C(=O)O)s2)CCCC1. The van der Waals surface area contributed by atoms with E-state index in [1.807, 2.05) is 19.9 Å². The highest BCUT2D eigenvalue weighted by Crippen LogP contribution is 2.43. The number of carbonyl (C=O) groups is 2. The first-order valence-corrected chi connectivity index (χ1v) is 7.78. The van der Waals surface area contributed by atoms with Crippen LogP contribution in [0.25, 0.3) is 0 Å². The van der Waals surface area contributed by atoms with Gasteiger partial charge in [-0.3, -0.25) is 4.79 Å². The average Bonchev–Trinajstić information content (AvgIpc) is 2.98. The predicted octanol–water partition coefficient (Wildman–Crippen LogP) is 3.50. The van der Waals surface area contributed by atoms with E-state index in [9.17, 15) is 9.59 Å². The lowest BCUT2D eigenvalue weighted by Gasteiger charge is -2.27. The van der Waals surface area contributed by atoms with Crippen LogP contribution >= 0.6 is 11.3 Å². The number of hydrogen-bond acceptors (Lipinski definition) is 4. The van der Waals surface area contributed by atoms with Crippen LogP contribution in [0.3, 0.4) is 0 Å². The molecule has 110 valence electrons. The minimum absolute atomic E-state index is 0.113. The van der Waals surface area contributed by atoms with Gasteiger partial charge in [0.15, 0.2) is 0 Å². The Morgan fingerprint density at radius 1 is 1.35 bits per heavy atom. The van der Waals surface area contributed by atoms with Gasteiger partial charge in [-0.2, -0.15) is 0 Å². The second kappa shape index (κ2) is 5.95. The van der Waals surface area contributed by atoms with Crippen molar-refractivity contribution in [2.45, 2.75) is 52.1 Å². The lowest BCUT2D eigenvalue weighted by Crippen LogP contribution is -2.33. The first-order chi connectivity index (χ1) is 9.43. The topological polar surface area (TPSA) is 63.6 Å². The normalized spacial score (nSPS) is 17.4. The number of esters is 1. The van der Waals surface area contributed by atoms with E-state index in [1.165, 1.54) is 11.3 Å². The Morgan fingerprint density at radius 2 is 2.00 bits per heavy atom. The number of carbonyl (C=O) groups excluding carboxylic acids is 1. The minimum atomic E-state index is -0.911. The summed E-state index contributed by atoms with van der Waals surface area (Å²) in [5.41, 5.74) is -0.453. The van der Waals surface area contributed by atoms with Gasteiger partial charge in [0.05, 0.1) is 11.5 Å². The van der Waals surface area contributed by atoms with E-state index in [0.717, 1.165) is 30.6 Å². The minimum Gasteiger partial charge on any atom is -0.477 e. The Balaban J connectivity index is 2.16. The monoisotopic (exact) mass is 296 g/mol. The van der Waals surface area contributed by atoms with Gasteiger partial charge in [0, 0.05) is 4.88 Å². The molecular formula is C15H20O4S. The van der Waals surface area contributed by atoms with Gasteiger partial charge < -0.3 is 9.84 Å². The molecular weight excluding hydrogens is 276 g/mol. The lowest BCUT2D eigenvalue weighted by molar-refractivity contribution is -0.159. The van der Waals surface area contributed by atoms with Crippen LogP contribution in [-0.4, -0.2) is 23.1 Å². The van der Waals surface area contributed by atoms with E-state index in [4.69, 9.17) is 9.84 Å². The summed E-state index contributed by atoms with van der Waals surface area (Å²) in [5.74, 6) is -1.04. The van der Waals surface area contributed by atoms with Gasteiger partial charge in [0.1, 0.15) is 4.88 Å². The average molecular weight is 296 g/mol. The van der Waals surface area contributed by atoms with Crippen LogP contribution < -0.4 is 0 Å². The lowest BCUT2D eigenvalue weighted by atomic mass is 9.82. The fourth-order valence-corrected chi connectivity index (χ4v) is 3.76. The predicted molar refractivity (Wildman–Crippen MR) is 77.1 cm³/mol. The van der Waals surface area contributed by atoms with Crippen LogP contribution in [0, 0.1) is 5.41 Å². The molecule has 4 nitrogen and oxygen atoms in total. The molecule has 0 aromatic carbocycles. The van der Waals surface area contributed by atoms with E-state index in [1.54, 1.807) is 6.07 Å². The Labute approximate surface area is 122 Å². The second-order valence-electron chi connectivity index (χ2n) is 5.69. The smallest absolute Gasteiger partial charge is 0.345 e. The molecule has 1 aliphatic rings. The van der Waals surface area contributed by atoms with Crippen LogP contribution in [0.2, 0.25) is 0 Å². The molecule has 1 aromatic rings. The third kappa shape index (κ3) is 3.20. The number of carboxylic acids is 1. The summed E-state index contributed by atoms with van der Waals surface area (Å²) in [6, 6.07) is 3.43. The van der Waals surface area contributed by atoms with Crippen LogP contribution in [0.1, 0.15) is 54.1 Å². The summed E-state index contributed by atoms with van der Waals surface area (Å²) < 4.78 is 5.41. The first-order valence-electron chi connectivity index (χ1n) is 6.96. The molecule has 5 heteroatoms. The van der Waals surface area contributed by atoms with Crippen molar-refractivity contribution in [1.82, 2.24) is 0 Å². The zero-order chi connectivity index (χ0) is 14.8. The van der Waals surface area contributed by atoms with Crippen molar-refractivity contribution in [1.29, 1.82) is 0 Å². The van der Waals surface area contributed by atoms with Gasteiger partial charge in [0.25, 0.3) is 0 Å². The zero-order valence-electron chi connectivity index (χ0n) is 11.8. The second-order valence-corrected chi connectivity index (χ2v) is 6.86. The molecule has 1 heterocycles. The van der Waals surface area contributed by atoms with Crippen LogP contribution in [0.5, 0.6) is 0 Å². The quantitative estimate of drug-likeness (QED) is 0.845. The highest BCUT2D eigenvalue weighted by atomic mass is 32.1. The molecule has 2 rings (SSSR count). The number of ether oxygens (including phenoxy) is 1. The molecule has 0 unspecified atom stereocenters. The summed E-state index contributed by atoms with van der Waals surface area (Å²) in [7, 11) is 0. The van der Waals surface area contributed by atoms with Gasteiger partial charge in [-0.05, 0) is 45.2 Å². The van der Waals surface area contributed by atoms with Gasteiger partial charge in [-0.1, -0.05) is 12.8 Å². The third-order valence-corrected chi connectivity index (χ3v) is 4.79. The summed E-state index contributed by atoms with van der Waals surface area (Å²) in [6.07, 6.45) is 4.21. The van der Waals surface area contributed by atoms with Crippen molar-refractivity contribution in [2.75, 3.05) is 0 Å². The summed E-state index contributed by atoms with van der Waals surface area (Å²) in [5, 5.41) is 8.97. The first kappa shape index (κ1) is 15.0. The van der Waals surface area contributed by atoms with Crippen LogP contribution in [0.15, 0.2) is 12.1 Å². The molecule has 0 aliphatic heterocycles. The zero-order valence-corrected chi connectivity index (χ0v) is 12.7. The number of rotatable bonds is 5. The Hall–Kier alpha value is -1.36. The van der Waals surface area contributed by atoms with Crippen molar-refractivity contribution < 1.29 is 19.4 Å². The summed E-state index contributed by atoms with van der Waals surface area (Å²) in [4.78, 5) is 24.6. The molecule has 0 atom stereocenters. The molecule has 1 fully saturated rings. The van der Waals surface area contributed by atoms with Crippen molar-refractivity contribution in [2.24, 2.45) is 5.41 Å². The maximum absolute atomic E-state index is 12.4. The number of aromatic carboxylic acids is 1. The molecule has 20 heavy (non-hydrogen) atoms. The molecule has 0 spiro atoms. The molecule has 1 N–H and O–H groups in total. The van der Waals surface area contributed by atoms with E-state index in [0.29, 0.717) is 11.3 Å². The number of carboxylic acid groups (broad SMARTS) is 1. The van der Waals surface area contributed by atoms with E-state index >= 15 is 0 Å². The van der Waals surface area contributed by atoms with Crippen LogP contribution in [-0.2, 0) is 16.0 Å². The fraction of sp³-hybridized carbons (Fsp3) is 0.600. The Bertz CT molecular complexity index is 498. The maximum Gasteiger partial charge on any atom is 0.345 e. The van der Waals surface area contributed by atoms with E-state index in [-0.39, 0.29) is 12.1 Å². The molecule has 0 saturated heterocycles. The Kier molecular flexibility index (Phi) is 4.48. The largest absolute Gasteiger partial charge is 0.477 e. The van der Waals surface area contributed by atoms with E-state index < -0.39 is 11.4 Å². The maximum atomic E-state index is 12.4. The fourth-order valence-electron chi connectivity index (χ4n) is 2.77. The standard InChI is InChI=1S/C15H20O4S/c1-10(2)19-14(18)15(7-3-4-8-15)9-11-5-6-12(20-11)13(16)17/h5-6,10H,3-4,7-9H2,1-2H3,(H,16,17). The van der Waals surface area contributed by atoms with Crippen molar-refractivity contribution in [3.8, 4) is 0 Å².